The van der Waals surface area contributed by atoms with Crippen molar-refractivity contribution in [1.82, 2.24) is 0 Å². The van der Waals surface area contributed by atoms with Crippen LogP contribution in [0.1, 0.15) is 0 Å². The molecule has 5 heteroatoms. The molecule has 0 atom stereocenters. The fourth-order valence-corrected chi connectivity index (χ4v) is 0. The predicted octanol–water partition coefficient (Wildman–Crippen LogP) is -12.9. The molecule has 0 saturated carbocycles. The molecule has 0 heterocycles. The summed E-state index contributed by atoms with van der Waals surface area (Å²) in [5.41, 5.74) is 0. The van der Waals surface area contributed by atoms with Crippen LogP contribution in [-0.2, 0) is 0 Å². The Bertz CT molecular complexity index is 6.85. The van der Waals surface area contributed by atoms with Crippen LogP contribution in [0.15, 0.2) is 0 Å². The van der Waals surface area contributed by atoms with Gasteiger partial charge in [0.05, 0.1) is 0 Å². The van der Waals surface area contributed by atoms with Crippen LogP contribution in [0.2, 0.25) is 0 Å². The van der Waals surface area contributed by atoms with E-state index in [1.165, 1.54) is 0 Å². The van der Waals surface area contributed by atoms with E-state index in [1.54, 1.807) is 0 Å². The Morgan fingerprint density at radius 3 is 0.600 bits per heavy atom. The number of hydrogen-bond donors (Lipinski definition) is 0. The predicted molar refractivity (Wildman–Crippen MR) is 8.54 cm³/mol. The summed E-state index contributed by atoms with van der Waals surface area (Å²) < 4.78 is 0. The minimum atomic E-state index is 0. The van der Waals surface area contributed by atoms with E-state index in [2.05, 4.69) is 0 Å². The Hall–Kier alpha value is 2.86. The van der Waals surface area contributed by atoms with E-state index in [1.807, 2.05) is 0 Å². The summed E-state index contributed by atoms with van der Waals surface area (Å²) in [7, 11) is 0. The minimum absolute atomic E-state index is 0. The van der Waals surface area contributed by atoms with Gasteiger partial charge in [-0.15, -0.1) is 0 Å². The molecular weight excluding hydrogens is 273 g/mol. The molecule has 0 unspecified atom stereocenters. The Balaban J connectivity index is 0. The second-order valence-corrected chi connectivity index (χ2v) is 0. The number of halogens is 4. The Kier molecular flexibility index (Phi) is 261. The molecule has 0 spiro atoms. The van der Waals surface area contributed by atoms with Crippen molar-refractivity contribution in [3.63, 3.8) is 0 Å². The van der Waals surface area contributed by atoms with Crippen molar-refractivity contribution in [2.45, 2.75) is 0 Å². The molecule has 0 aromatic rings. The zero-order chi connectivity index (χ0) is 0. The second-order valence-electron chi connectivity index (χ2n) is 0. The molecular formula is H2CaCl3I. The summed E-state index contributed by atoms with van der Waals surface area (Å²) in [5.74, 6) is 0. The molecule has 0 rings (SSSR count). The average molecular weight is 275 g/mol. The molecule has 0 aromatic carbocycles. The Morgan fingerprint density at radius 2 is 0.600 bits per heavy atom. The van der Waals surface area contributed by atoms with Gasteiger partial charge in [-0.1, -0.05) is 0 Å². The van der Waals surface area contributed by atoms with Gasteiger partial charge in [0.1, 0.15) is 0 Å². The summed E-state index contributed by atoms with van der Waals surface area (Å²) in [5, 5.41) is 0. The third kappa shape index (κ3) is 19.8. The van der Waals surface area contributed by atoms with Crippen molar-refractivity contribution in [2.75, 3.05) is 0 Å². The number of hydrogen-bond acceptors (Lipinski definition) is 0. The maximum absolute atomic E-state index is 0. The molecule has 0 fully saturated rings. The fourth-order valence-electron chi connectivity index (χ4n) is 0. The molecule has 0 saturated heterocycles. The van der Waals surface area contributed by atoms with Crippen LogP contribution in [0, 0.1) is 0 Å². The summed E-state index contributed by atoms with van der Waals surface area (Å²) in [4.78, 5) is 0. The van der Waals surface area contributed by atoms with Crippen LogP contribution in [0.5, 0.6) is 0 Å². The maximum Gasteiger partial charge on any atom is 2.00 e. The van der Waals surface area contributed by atoms with Gasteiger partial charge in [0, 0.05) is 0 Å². The summed E-state index contributed by atoms with van der Waals surface area (Å²) >= 11 is 0. The van der Waals surface area contributed by atoms with Crippen LogP contribution in [0.4, 0.5) is 0 Å². The molecule has 0 aliphatic rings. The Labute approximate surface area is 97.1 Å². The molecule has 0 aliphatic carbocycles. The van der Waals surface area contributed by atoms with Gasteiger partial charge in [0.25, 0.3) is 0 Å². The first-order valence-corrected chi connectivity index (χ1v) is 0. The molecule has 0 aromatic heterocycles. The smallest absolute Gasteiger partial charge is 1.00 e. The third-order valence-electron chi connectivity index (χ3n) is 0. The molecule has 0 aliphatic heterocycles. The van der Waals surface area contributed by atoms with Crippen molar-refractivity contribution < 1.29 is 61.2 Å². The first-order valence-electron chi connectivity index (χ1n) is 0. The third-order valence-corrected chi connectivity index (χ3v) is 0. The molecule has 0 bridgehead atoms. The van der Waals surface area contributed by atoms with Crippen molar-refractivity contribution in [3.05, 3.63) is 0 Å². The quantitative estimate of drug-likeness (QED) is 0.304. The van der Waals surface area contributed by atoms with Crippen molar-refractivity contribution in [2.24, 2.45) is 0 Å². The van der Waals surface area contributed by atoms with Crippen molar-refractivity contribution in [1.29, 1.82) is 0 Å². The Morgan fingerprint density at radius 1 is 0.600 bits per heavy atom. The first kappa shape index (κ1) is 45.2. The van der Waals surface area contributed by atoms with Crippen molar-refractivity contribution >= 4 is 37.7 Å². The normalized spacial score (nSPS) is 0. The van der Waals surface area contributed by atoms with Gasteiger partial charge in [-0.25, -0.2) is 0 Å². The van der Waals surface area contributed by atoms with Crippen molar-refractivity contribution in [3.8, 4) is 0 Å². The molecule has 0 radical (unpaired) electrons. The minimum Gasteiger partial charge on any atom is -1.00 e. The van der Waals surface area contributed by atoms with Crippen LogP contribution >= 0.6 is 0 Å². The molecule has 0 amide bonds. The fraction of sp³-hybridized carbons (Fsp3) is 0. The van der Waals surface area contributed by atoms with E-state index in [-0.39, 0.29) is 98.9 Å². The summed E-state index contributed by atoms with van der Waals surface area (Å²) in [6, 6.07) is 0. The van der Waals surface area contributed by atoms with E-state index in [0.29, 0.717) is 0 Å². The SMILES string of the molecule is [Ca+2].[Cl-].[Cl-].[Cl-].[IH2+]. The van der Waals surface area contributed by atoms with Crippen LogP contribution in [-0.4, -0.2) is 37.7 Å². The van der Waals surface area contributed by atoms with E-state index >= 15 is 0 Å². The van der Waals surface area contributed by atoms with Gasteiger partial charge in [0.2, 0.25) is 24.0 Å². The number of rotatable bonds is 0. The summed E-state index contributed by atoms with van der Waals surface area (Å²) in [6.07, 6.45) is 0. The van der Waals surface area contributed by atoms with Gasteiger partial charge in [0.15, 0.2) is 0 Å². The van der Waals surface area contributed by atoms with Crippen LogP contribution in [0.3, 0.4) is 0 Å². The summed E-state index contributed by atoms with van der Waals surface area (Å²) in [6.45, 7) is 0. The monoisotopic (exact) mass is 274 g/mol. The molecule has 0 nitrogen and oxygen atoms in total. The van der Waals surface area contributed by atoms with E-state index in [0.717, 1.165) is 0 Å². The van der Waals surface area contributed by atoms with E-state index < -0.39 is 0 Å². The second kappa shape index (κ2) is 28.8. The van der Waals surface area contributed by atoms with Gasteiger partial charge in [-0.2, -0.15) is 0 Å². The molecule has 0 N–H and O–H groups in total. The van der Waals surface area contributed by atoms with E-state index in [9.17, 15) is 0 Å². The zero-order valence-corrected chi connectivity index (χ0v) is 9.32. The molecule has 5 heavy (non-hydrogen) atoms. The molecule has 32 valence electrons. The standard InChI is InChI=1S/Ca.3ClH.H2I/h;3*1H;1H2/q+2;;;;+1/p-3. The zero-order valence-electron chi connectivity index (χ0n) is 2.29. The van der Waals surface area contributed by atoms with Gasteiger partial charge < -0.3 is 37.2 Å². The first-order chi connectivity index (χ1) is 0. The van der Waals surface area contributed by atoms with E-state index in [4.69, 9.17) is 0 Å². The van der Waals surface area contributed by atoms with Gasteiger partial charge in [-0.3, -0.25) is 0 Å². The van der Waals surface area contributed by atoms with Crippen LogP contribution in [0.25, 0.3) is 0 Å². The largest absolute Gasteiger partial charge is 2.00 e. The van der Waals surface area contributed by atoms with Gasteiger partial charge >= 0.3 is 37.7 Å². The van der Waals surface area contributed by atoms with Gasteiger partial charge in [-0.05, 0) is 0 Å². The van der Waals surface area contributed by atoms with Crippen LogP contribution < -0.4 is 61.2 Å². The average Bonchev–Trinajstić information content (AvgIpc) is 0. The maximum atomic E-state index is 0. The topological polar surface area (TPSA) is 0 Å².